The van der Waals surface area contributed by atoms with Crippen molar-refractivity contribution < 1.29 is 41.5 Å². The Morgan fingerprint density at radius 2 is 1.59 bits per heavy atom. The Balaban J connectivity index is -0.000000107. The molecule has 0 bridgehead atoms. The summed E-state index contributed by atoms with van der Waals surface area (Å²) in [5, 5.41) is 38.4. The lowest BCUT2D eigenvalue weighted by molar-refractivity contribution is -0.379. The van der Waals surface area contributed by atoms with Crippen molar-refractivity contribution in [3.8, 4) is 6.07 Å². The Kier molecular flexibility index (Phi) is 35.0. The van der Waals surface area contributed by atoms with Gasteiger partial charge in [0, 0.05) is 5.92 Å². The molecule has 22 heavy (non-hydrogen) atoms. The first-order valence-corrected chi connectivity index (χ1v) is 6.98. The van der Waals surface area contributed by atoms with Crippen LogP contribution in [-0.4, -0.2) is 35.6 Å². The topological polar surface area (TPSA) is 200 Å². The van der Waals surface area contributed by atoms with Gasteiger partial charge in [0.05, 0.1) is 25.6 Å². The van der Waals surface area contributed by atoms with E-state index in [0.29, 0.717) is 6.42 Å². The highest BCUT2D eigenvalue weighted by molar-refractivity contribution is 5.50. The largest absolute Gasteiger partial charge is 0.565 e. The molecule has 9 heteroatoms. The van der Waals surface area contributed by atoms with Gasteiger partial charge in [-0.25, -0.2) is 0 Å². The van der Waals surface area contributed by atoms with Crippen molar-refractivity contribution in [2.24, 2.45) is 5.92 Å². The highest BCUT2D eigenvalue weighted by atomic mass is 16.6. The number of carboxylic acid groups (broad SMARTS) is 4. The zero-order valence-electron chi connectivity index (χ0n) is 13.4. The van der Waals surface area contributed by atoms with Gasteiger partial charge >= 0.3 is 0 Å². The number of hydrogen-bond acceptors (Lipinski definition) is 5. The van der Waals surface area contributed by atoms with Crippen molar-refractivity contribution in [3.63, 3.8) is 0 Å². The molecular weight excluding hydrogens is 294 g/mol. The van der Waals surface area contributed by atoms with Gasteiger partial charge in [0.25, 0.3) is 0 Å². The minimum Gasteiger partial charge on any atom is -0.565 e. The molecule has 0 radical (unpaired) electrons. The second-order valence-corrected chi connectivity index (χ2v) is 4.00. The first-order chi connectivity index (χ1) is 10.2. The predicted molar refractivity (Wildman–Crippen MR) is 75.1 cm³/mol. The van der Waals surface area contributed by atoms with Crippen molar-refractivity contribution >= 4 is 12.3 Å². The standard InChI is InChI=1S/C8H19N.C3H6N2.2CH2O3/c1-3-5-6-8(4-2)7-9;4-2-1-3-5;2*2-1(3)4/h8H,3-7,9H2,1-2H3;1-2,4H2;2*(H2,2,3,4). The summed E-state index contributed by atoms with van der Waals surface area (Å²) in [6.07, 6.45) is 1.82. The van der Waals surface area contributed by atoms with E-state index in [1.165, 1.54) is 25.7 Å². The highest BCUT2D eigenvalue weighted by Gasteiger charge is 2.02. The number of nitrogens with zero attached hydrogens (tertiary/aromatic N) is 1. The van der Waals surface area contributed by atoms with E-state index in [-0.39, 0.29) is 0 Å². The van der Waals surface area contributed by atoms with E-state index in [2.05, 4.69) is 25.3 Å². The van der Waals surface area contributed by atoms with E-state index < -0.39 is 12.3 Å². The summed E-state index contributed by atoms with van der Waals surface area (Å²) in [6.45, 7) is 6.36. The molecule has 0 fully saturated rings. The summed E-state index contributed by atoms with van der Waals surface area (Å²) in [5.41, 5.74) is 7.36. The van der Waals surface area contributed by atoms with Crippen molar-refractivity contribution in [3.05, 3.63) is 0 Å². The first kappa shape index (κ1) is 28.2. The number of unbranched alkanes of at least 4 members (excludes halogenated alkanes) is 1. The molecule has 0 aliphatic rings. The lowest BCUT2D eigenvalue weighted by Gasteiger charge is -2.07. The monoisotopic (exact) mass is 323 g/mol. The number of quaternary nitrogens is 2. The molecular formula is C13H29N3O6. The fraction of sp³-hybridized carbons (Fsp3) is 0.769. The Hall–Kier alpha value is -2.05. The van der Waals surface area contributed by atoms with Gasteiger partial charge in [0.1, 0.15) is 0 Å². The van der Waals surface area contributed by atoms with E-state index in [1.54, 1.807) is 0 Å². The zero-order chi connectivity index (χ0) is 18.4. The Morgan fingerprint density at radius 3 is 1.73 bits per heavy atom. The van der Waals surface area contributed by atoms with Crippen LogP contribution in [0.4, 0.5) is 9.59 Å². The molecule has 0 aromatic heterocycles. The third kappa shape index (κ3) is 81.6. The second-order valence-electron chi connectivity index (χ2n) is 4.00. The van der Waals surface area contributed by atoms with E-state index in [4.69, 9.17) is 35.3 Å². The molecule has 0 aliphatic heterocycles. The molecule has 0 heterocycles. The van der Waals surface area contributed by atoms with Crippen LogP contribution < -0.4 is 21.7 Å². The van der Waals surface area contributed by atoms with Crippen LogP contribution in [0.2, 0.25) is 0 Å². The average molecular weight is 323 g/mol. The number of hydrogen-bond donors (Lipinski definition) is 4. The van der Waals surface area contributed by atoms with Gasteiger partial charge in [-0.15, -0.1) is 0 Å². The Morgan fingerprint density at radius 1 is 1.18 bits per heavy atom. The number of rotatable bonds is 6. The van der Waals surface area contributed by atoms with Gasteiger partial charge in [-0.2, -0.15) is 5.26 Å². The molecule has 8 N–H and O–H groups in total. The fourth-order valence-corrected chi connectivity index (χ4v) is 1.12. The van der Waals surface area contributed by atoms with Crippen LogP contribution in [0.25, 0.3) is 0 Å². The van der Waals surface area contributed by atoms with Crippen LogP contribution in [0.5, 0.6) is 0 Å². The van der Waals surface area contributed by atoms with E-state index in [1.807, 2.05) is 6.07 Å². The zero-order valence-corrected chi connectivity index (χ0v) is 13.4. The molecule has 0 aliphatic carbocycles. The van der Waals surface area contributed by atoms with Gasteiger partial charge < -0.3 is 41.5 Å². The summed E-state index contributed by atoms with van der Waals surface area (Å²) < 4.78 is 0. The lowest BCUT2D eigenvalue weighted by atomic mass is 10.00. The second kappa shape index (κ2) is 27.3. The molecule has 0 saturated carbocycles. The molecule has 0 spiro atoms. The average Bonchev–Trinajstić information content (AvgIpc) is 2.40. The van der Waals surface area contributed by atoms with Crippen LogP contribution >= 0.6 is 0 Å². The number of carbonyl (C=O) groups is 2. The third-order valence-corrected chi connectivity index (χ3v) is 2.24. The molecule has 0 aromatic carbocycles. The molecule has 0 rings (SSSR count). The SMILES string of the molecule is CCCCC(CC)C[NH3+].N#CCC[NH3+].O=C([O-])O.O=C([O-])O. The molecule has 0 saturated heterocycles. The predicted octanol–water partition coefficient (Wildman–Crippen LogP) is -1.64. The van der Waals surface area contributed by atoms with E-state index in [9.17, 15) is 0 Å². The fourth-order valence-electron chi connectivity index (χ4n) is 1.12. The molecule has 132 valence electrons. The highest BCUT2D eigenvalue weighted by Crippen LogP contribution is 2.09. The van der Waals surface area contributed by atoms with E-state index in [0.717, 1.165) is 19.0 Å². The van der Waals surface area contributed by atoms with Crippen LogP contribution in [0, 0.1) is 17.2 Å². The maximum atomic E-state index is 8.44. The lowest BCUT2D eigenvalue weighted by Crippen LogP contribution is -2.53. The summed E-state index contributed by atoms with van der Waals surface area (Å²) in [5.74, 6) is 0.893. The van der Waals surface area contributed by atoms with Gasteiger partial charge in [0.2, 0.25) is 12.3 Å². The maximum Gasteiger partial charge on any atom is 0.249 e. The van der Waals surface area contributed by atoms with Crippen LogP contribution in [0.15, 0.2) is 0 Å². The minimum atomic E-state index is -2.08. The maximum absolute atomic E-state index is 8.44. The normalized spacial score (nSPS) is 9.23. The summed E-state index contributed by atoms with van der Waals surface area (Å²) >= 11 is 0. The molecule has 9 nitrogen and oxygen atoms in total. The van der Waals surface area contributed by atoms with Gasteiger partial charge in [-0.1, -0.05) is 26.7 Å². The van der Waals surface area contributed by atoms with Crippen molar-refractivity contribution in [1.82, 2.24) is 0 Å². The van der Waals surface area contributed by atoms with Crippen molar-refractivity contribution in [1.29, 1.82) is 5.26 Å². The van der Waals surface area contributed by atoms with Crippen molar-refractivity contribution in [2.45, 2.75) is 46.0 Å². The molecule has 1 unspecified atom stereocenters. The summed E-state index contributed by atoms with van der Waals surface area (Å²) in [6, 6.07) is 1.95. The quantitative estimate of drug-likeness (QED) is 0.448. The van der Waals surface area contributed by atoms with Gasteiger partial charge in [-0.05, 0) is 12.8 Å². The number of nitriles is 1. The van der Waals surface area contributed by atoms with E-state index >= 15 is 0 Å². The van der Waals surface area contributed by atoms with Gasteiger partial charge in [0.15, 0.2) is 0 Å². The molecule has 1 atom stereocenters. The van der Waals surface area contributed by atoms with Gasteiger partial charge in [-0.3, -0.25) is 0 Å². The smallest absolute Gasteiger partial charge is 0.249 e. The minimum absolute atomic E-state index is 0.583. The Bertz CT molecular complexity index is 257. The summed E-state index contributed by atoms with van der Waals surface area (Å²) in [7, 11) is 0. The molecule has 0 amide bonds. The Labute approximate surface area is 131 Å². The van der Waals surface area contributed by atoms with Crippen LogP contribution in [0.1, 0.15) is 46.0 Å². The van der Waals surface area contributed by atoms with Crippen molar-refractivity contribution in [2.75, 3.05) is 13.1 Å². The third-order valence-electron chi connectivity index (χ3n) is 2.24. The van der Waals surface area contributed by atoms with Crippen LogP contribution in [0.3, 0.4) is 0 Å². The first-order valence-electron chi connectivity index (χ1n) is 6.98. The molecule has 0 aromatic rings. The van der Waals surface area contributed by atoms with Crippen LogP contribution in [-0.2, 0) is 0 Å². The summed E-state index contributed by atoms with van der Waals surface area (Å²) in [4.78, 5) is 16.9.